The number of ether oxygens (including phenoxy) is 1. The fourth-order valence-corrected chi connectivity index (χ4v) is 5.67. The zero-order chi connectivity index (χ0) is 22.9. The highest BCUT2D eigenvalue weighted by Gasteiger charge is 2.35. The maximum absolute atomic E-state index is 13.7. The Balaban J connectivity index is 1.65. The van der Waals surface area contributed by atoms with Crippen LogP contribution in [0.25, 0.3) is 21.9 Å². The second-order valence-corrected chi connectivity index (χ2v) is 10.8. The molecule has 1 saturated heterocycles. The van der Waals surface area contributed by atoms with Gasteiger partial charge < -0.3 is 10.1 Å². The van der Waals surface area contributed by atoms with Crippen LogP contribution in [0, 0.1) is 0 Å². The number of hydrogen-bond acceptors (Lipinski definition) is 5. The van der Waals surface area contributed by atoms with E-state index in [0.29, 0.717) is 18.4 Å². The molecule has 1 N–H and O–H groups in total. The van der Waals surface area contributed by atoms with E-state index in [4.69, 9.17) is 4.74 Å². The first-order chi connectivity index (χ1) is 15.1. The lowest BCUT2D eigenvalue weighted by Gasteiger charge is -2.22. The molecule has 0 spiro atoms. The molecular weight excluding hydrogens is 426 g/mol. The average Bonchev–Trinajstić information content (AvgIpc) is 3.21. The van der Waals surface area contributed by atoms with E-state index in [2.05, 4.69) is 10.3 Å². The molecule has 2 heterocycles. The number of fused-ring (bicyclic) bond motifs is 1. The molecule has 1 fully saturated rings. The van der Waals surface area contributed by atoms with Crippen molar-refractivity contribution >= 4 is 26.9 Å². The highest BCUT2D eigenvalue weighted by molar-refractivity contribution is 7.89. The Labute approximate surface area is 188 Å². The van der Waals surface area contributed by atoms with E-state index in [9.17, 15) is 13.2 Å². The molecule has 1 aliphatic heterocycles. The summed E-state index contributed by atoms with van der Waals surface area (Å²) in [4.78, 5) is 16.7. The van der Waals surface area contributed by atoms with Crippen molar-refractivity contribution in [3.8, 4) is 11.1 Å². The van der Waals surface area contributed by atoms with Crippen LogP contribution in [0.4, 0.5) is 4.79 Å². The first kappa shape index (κ1) is 22.2. The summed E-state index contributed by atoms with van der Waals surface area (Å²) in [5.74, 6) is 0. The Morgan fingerprint density at radius 3 is 2.56 bits per heavy atom. The lowest BCUT2D eigenvalue weighted by atomic mass is 10.0. The summed E-state index contributed by atoms with van der Waals surface area (Å²) in [5, 5.41) is 4.20. The monoisotopic (exact) mass is 453 g/mol. The van der Waals surface area contributed by atoms with E-state index in [-0.39, 0.29) is 17.5 Å². The van der Waals surface area contributed by atoms with Gasteiger partial charge in [0, 0.05) is 47.9 Å². The van der Waals surface area contributed by atoms with E-state index in [1.807, 2.05) is 36.4 Å². The summed E-state index contributed by atoms with van der Waals surface area (Å²) in [5.41, 5.74) is 1.06. The third-order valence-corrected chi connectivity index (χ3v) is 7.23. The molecule has 0 radical (unpaired) electrons. The summed E-state index contributed by atoms with van der Waals surface area (Å²) >= 11 is 0. The van der Waals surface area contributed by atoms with Crippen molar-refractivity contribution < 1.29 is 17.9 Å². The van der Waals surface area contributed by atoms with Crippen molar-refractivity contribution in [1.29, 1.82) is 0 Å². The molecule has 0 bridgehead atoms. The largest absolute Gasteiger partial charge is 0.444 e. The minimum atomic E-state index is -3.79. The first-order valence-corrected chi connectivity index (χ1v) is 12.0. The number of benzene rings is 2. The minimum absolute atomic E-state index is 0.198. The van der Waals surface area contributed by atoms with Gasteiger partial charge in [-0.1, -0.05) is 42.5 Å². The zero-order valence-corrected chi connectivity index (χ0v) is 19.2. The van der Waals surface area contributed by atoms with Gasteiger partial charge in [0.15, 0.2) is 0 Å². The number of hydrogen-bond donors (Lipinski definition) is 1. The lowest BCUT2D eigenvalue weighted by molar-refractivity contribution is 0.0507. The van der Waals surface area contributed by atoms with Crippen LogP contribution in [0.15, 0.2) is 65.8 Å². The summed E-state index contributed by atoms with van der Waals surface area (Å²) in [6.07, 6.45) is 3.37. The second-order valence-electron chi connectivity index (χ2n) is 8.90. The van der Waals surface area contributed by atoms with Crippen LogP contribution >= 0.6 is 0 Å². The summed E-state index contributed by atoms with van der Waals surface area (Å²) in [7, 11) is -3.79. The number of sulfonamides is 1. The molecule has 1 aromatic heterocycles. The predicted octanol–water partition coefficient (Wildman–Crippen LogP) is 4.19. The molecule has 7 nitrogen and oxygen atoms in total. The summed E-state index contributed by atoms with van der Waals surface area (Å²) in [6.45, 7) is 5.89. The average molecular weight is 454 g/mol. The number of alkyl carbamates (subject to hydrolysis) is 1. The smallest absolute Gasteiger partial charge is 0.407 e. The van der Waals surface area contributed by atoms with Crippen LogP contribution in [0.2, 0.25) is 0 Å². The van der Waals surface area contributed by atoms with Gasteiger partial charge in [-0.15, -0.1) is 0 Å². The SMILES string of the molecule is CC(C)(C)OC(=O)N[C@H]1CCN(S(=O)(=O)c2cccc3cncc(-c4ccccc4)c23)C1. The number of amides is 1. The number of pyridine rings is 1. The van der Waals surface area contributed by atoms with Crippen LogP contribution in [0.3, 0.4) is 0 Å². The van der Waals surface area contributed by atoms with Gasteiger partial charge in [-0.2, -0.15) is 4.31 Å². The van der Waals surface area contributed by atoms with Crippen molar-refractivity contribution in [3.63, 3.8) is 0 Å². The van der Waals surface area contributed by atoms with Crippen LogP contribution < -0.4 is 5.32 Å². The van der Waals surface area contributed by atoms with E-state index >= 15 is 0 Å². The van der Waals surface area contributed by atoms with E-state index in [1.165, 1.54) is 4.31 Å². The van der Waals surface area contributed by atoms with Crippen LogP contribution in [0.5, 0.6) is 0 Å². The molecule has 3 aromatic rings. The van der Waals surface area contributed by atoms with E-state index < -0.39 is 21.7 Å². The molecule has 0 aliphatic carbocycles. The topological polar surface area (TPSA) is 88.6 Å². The van der Waals surface area contributed by atoms with Gasteiger partial charge >= 0.3 is 6.09 Å². The quantitative estimate of drug-likeness (QED) is 0.640. The standard InChI is InChI=1S/C24H27N3O4S/c1-24(2,3)31-23(28)26-19-12-13-27(16-19)32(29,30)21-11-7-10-18-14-25-15-20(22(18)21)17-8-5-4-6-9-17/h4-11,14-15,19H,12-13,16H2,1-3H3,(H,26,28)/t19-/m0/s1. The predicted molar refractivity (Wildman–Crippen MR) is 124 cm³/mol. The second kappa shape index (κ2) is 8.52. The van der Waals surface area contributed by atoms with E-state index in [0.717, 1.165) is 16.5 Å². The molecule has 4 rings (SSSR count). The molecule has 0 unspecified atom stereocenters. The Kier molecular flexibility index (Phi) is 5.92. The van der Waals surface area contributed by atoms with Gasteiger partial charge in [0.2, 0.25) is 10.0 Å². The van der Waals surface area contributed by atoms with Gasteiger partial charge in [0.05, 0.1) is 4.90 Å². The van der Waals surface area contributed by atoms with Gasteiger partial charge in [-0.3, -0.25) is 4.98 Å². The Bertz CT molecular complexity index is 1230. The number of rotatable bonds is 4. The van der Waals surface area contributed by atoms with Crippen molar-refractivity contribution in [2.24, 2.45) is 0 Å². The molecule has 1 atom stereocenters. The fraction of sp³-hybridized carbons (Fsp3) is 0.333. The van der Waals surface area contributed by atoms with E-state index in [1.54, 1.807) is 45.3 Å². The lowest BCUT2D eigenvalue weighted by Crippen LogP contribution is -2.41. The van der Waals surface area contributed by atoms with Gasteiger partial charge in [-0.05, 0) is 38.8 Å². The third kappa shape index (κ3) is 4.61. The highest BCUT2D eigenvalue weighted by Crippen LogP contribution is 2.34. The number of nitrogens with zero attached hydrogens (tertiary/aromatic N) is 2. The number of nitrogens with one attached hydrogen (secondary N) is 1. The van der Waals surface area contributed by atoms with Crippen molar-refractivity contribution in [2.45, 2.75) is 43.7 Å². The molecule has 2 aromatic carbocycles. The molecule has 1 aliphatic rings. The zero-order valence-electron chi connectivity index (χ0n) is 18.4. The first-order valence-electron chi connectivity index (χ1n) is 10.6. The van der Waals surface area contributed by atoms with Crippen LogP contribution in [-0.2, 0) is 14.8 Å². The van der Waals surface area contributed by atoms with Gasteiger partial charge in [0.1, 0.15) is 5.60 Å². The van der Waals surface area contributed by atoms with Crippen molar-refractivity contribution in [3.05, 3.63) is 60.9 Å². The van der Waals surface area contributed by atoms with Crippen LogP contribution in [-0.4, -0.2) is 48.5 Å². The maximum atomic E-state index is 13.7. The van der Waals surface area contributed by atoms with Crippen molar-refractivity contribution in [2.75, 3.05) is 13.1 Å². The van der Waals surface area contributed by atoms with Crippen molar-refractivity contribution in [1.82, 2.24) is 14.6 Å². The third-order valence-electron chi connectivity index (χ3n) is 5.32. The molecule has 32 heavy (non-hydrogen) atoms. The molecule has 168 valence electrons. The fourth-order valence-electron chi connectivity index (χ4n) is 3.93. The Morgan fingerprint density at radius 1 is 1.09 bits per heavy atom. The maximum Gasteiger partial charge on any atom is 0.407 e. The Hall–Kier alpha value is -2.97. The Morgan fingerprint density at radius 2 is 1.84 bits per heavy atom. The molecule has 1 amide bonds. The summed E-state index contributed by atoms with van der Waals surface area (Å²) in [6, 6.07) is 14.6. The van der Waals surface area contributed by atoms with Crippen LogP contribution in [0.1, 0.15) is 27.2 Å². The van der Waals surface area contributed by atoms with Gasteiger partial charge in [-0.25, -0.2) is 13.2 Å². The molecular formula is C24H27N3O4S. The minimum Gasteiger partial charge on any atom is -0.444 e. The highest BCUT2D eigenvalue weighted by atomic mass is 32.2. The normalized spacial score (nSPS) is 17.4. The summed E-state index contributed by atoms with van der Waals surface area (Å²) < 4.78 is 34.0. The molecule has 8 heteroatoms. The number of carbonyl (C=O) groups is 1. The molecule has 0 saturated carbocycles. The number of aromatic nitrogens is 1. The number of carbonyl (C=O) groups excluding carboxylic acids is 1. The van der Waals surface area contributed by atoms with Gasteiger partial charge in [0.25, 0.3) is 0 Å².